The SMILES string of the molecule is O=C(NCCNc1nc2cccc(Cl)c2s1)C1CC1. The first kappa shape index (κ1) is 12.7. The summed E-state index contributed by atoms with van der Waals surface area (Å²) in [5, 5.41) is 7.68. The smallest absolute Gasteiger partial charge is 0.223 e. The van der Waals surface area contributed by atoms with Gasteiger partial charge in [0.15, 0.2) is 5.13 Å². The number of hydrogen-bond acceptors (Lipinski definition) is 4. The van der Waals surface area contributed by atoms with Gasteiger partial charge in [-0.3, -0.25) is 4.79 Å². The van der Waals surface area contributed by atoms with Gasteiger partial charge in [-0.1, -0.05) is 29.0 Å². The summed E-state index contributed by atoms with van der Waals surface area (Å²) in [6.45, 7) is 1.30. The molecule has 0 aliphatic heterocycles. The summed E-state index contributed by atoms with van der Waals surface area (Å²) in [4.78, 5) is 15.9. The van der Waals surface area contributed by atoms with Crippen molar-refractivity contribution in [3.8, 4) is 0 Å². The van der Waals surface area contributed by atoms with Gasteiger partial charge in [0.2, 0.25) is 5.91 Å². The average molecular weight is 296 g/mol. The van der Waals surface area contributed by atoms with Crippen LogP contribution >= 0.6 is 22.9 Å². The minimum absolute atomic E-state index is 0.175. The lowest BCUT2D eigenvalue weighted by Crippen LogP contribution is -2.29. The quantitative estimate of drug-likeness (QED) is 0.834. The lowest BCUT2D eigenvalue weighted by Gasteiger charge is -2.04. The fraction of sp³-hybridized carbons (Fsp3) is 0.385. The highest BCUT2D eigenvalue weighted by molar-refractivity contribution is 7.22. The number of rotatable bonds is 5. The maximum absolute atomic E-state index is 11.4. The molecule has 1 aliphatic rings. The van der Waals surface area contributed by atoms with Crippen molar-refractivity contribution in [1.82, 2.24) is 10.3 Å². The molecule has 0 spiro atoms. The van der Waals surface area contributed by atoms with Gasteiger partial charge in [0.25, 0.3) is 0 Å². The van der Waals surface area contributed by atoms with Crippen molar-refractivity contribution in [3.63, 3.8) is 0 Å². The van der Waals surface area contributed by atoms with Crippen molar-refractivity contribution in [2.45, 2.75) is 12.8 Å². The number of anilines is 1. The van der Waals surface area contributed by atoms with E-state index in [1.54, 1.807) is 0 Å². The standard InChI is InChI=1S/C13H14ClN3OS/c14-9-2-1-3-10-11(9)19-13(17-10)16-7-6-15-12(18)8-4-5-8/h1-3,8H,4-7H2,(H,15,18)(H,16,17). The van der Waals surface area contributed by atoms with Crippen LogP contribution in [0.2, 0.25) is 5.02 Å². The van der Waals surface area contributed by atoms with Crippen molar-refractivity contribution in [2.75, 3.05) is 18.4 Å². The van der Waals surface area contributed by atoms with E-state index >= 15 is 0 Å². The maximum Gasteiger partial charge on any atom is 0.223 e. The second kappa shape index (κ2) is 5.35. The van der Waals surface area contributed by atoms with Crippen LogP contribution in [0, 0.1) is 5.92 Å². The lowest BCUT2D eigenvalue weighted by molar-refractivity contribution is -0.122. The van der Waals surface area contributed by atoms with Gasteiger partial charge < -0.3 is 10.6 Å². The van der Waals surface area contributed by atoms with Crippen molar-refractivity contribution >= 4 is 44.2 Å². The van der Waals surface area contributed by atoms with Gasteiger partial charge in [-0.2, -0.15) is 0 Å². The van der Waals surface area contributed by atoms with Gasteiger partial charge in [0.05, 0.1) is 15.2 Å². The summed E-state index contributed by atoms with van der Waals surface area (Å²) in [5.74, 6) is 0.440. The monoisotopic (exact) mass is 295 g/mol. The Kier molecular flexibility index (Phi) is 3.57. The van der Waals surface area contributed by atoms with E-state index in [1.165, 1.54) is 11.3 Å². The Morgan fingerprint density at radius 1 is 1.42 bits per heavy atom. The van der Waals surface area contributed by atoms with Gasteiger partial charge in [0.1, 0.15) is 0 Å². The molecule has 1 heterocycles. The van der Waals surface area contributed by atoms with E-state index in [2.05, 4.69) is 15.6 Å². The van der Waals surface area contributed by atoms with E-state index in [9.17, 15) is 4.79 Å². The van der Waals surface area contributed by atoms with Crippen LogP contribution in [-0.4, -0.2) is 24.0 Å². The molecule has 0 radical (unpaired) electrons. The van der Waals surface area contributed by atoms with Crippen LogP contribution in [-0.2, 0) is 4.79 Å². The molecular weight excluding hydrogens is 282 g/mol. The number of amides is 1. The molecule has 3 rings (SSSR count). The topological polar surface area (TPSA) is 54.0 Å². The van der Waals surface area contributed by atoms with E-state index in [1.807, 2.05) is 18.2 Å². The molecule has 0 saturated heterocycles. The van der Waals surface area contributed by atoms with Crippen LogP contribution in [0.25, 0.3) is 10.2 Å². The number of carbonyl (C=O) groups is 1. The second-order valence-corrected chi connectivity index (χ2v) is 6.01. The molecule has 100 valence electrons. The predicted molar refractivity (Wildman–Crippen MR) is 78.9 cm³/mol. The fourth-order valence-corrected chi connectivity index (χ4v) is 3.02. The highest BCUT2D eigenvalue weighted by atomic mass is 35.5. The first-order valence-corrected chi connectivity index (χ1v) is 7.50. The minimum Gasteiger partial charge on any atom is -0.360 e. The van der Waals surface area contributed by atoms with Crippen molar-refractivity contribution in [3.05, 3.63) is 23.2 Å². The Labute approximate surface area is 120 Å². The summed E-state index contributed by atoms with van der Waals surface area (Å²) >= 11 is 7.64. The molecule has 4 nitrogen and oxygen atoms in total. The zero-order valence-corrected chi connectivity index (χ0v) is 11.9. The highest BCUT2D eigenvalue weighted by Crippen LogP contribution is 2.31. The summed E-state index contributed by atoms with van der Waals surface area (Å²) in [6, 6.07) is 5.70. The number of nitrogens with zero attached hydrogens (tertiary/aromatic N) is 1. The molecule has 1 saturated carbocycles. The van der Waals surface area contributed by atoms with Crippen LogP contribution in [0.15, 0.2) is 18.2 Å². The Morgan fingerprint density at radius 3 is 3.00 bits per heavy atom. The number of fused-ring (bicyclic) bond motifs is 1. The minimum atomic E-state index is 0.175. The second-order valence-electron chi connectivity index (χ2n) is 4.60. The van der Waals surface area contributed by atoms with Gasteiger partial charge in [-0.15, -0.1) is 0 Å². The number of thiazole rings is 1. The van der Waals surface area contributed by atoms with Gasteiger partial charge in [-0.05, 0) is 25.0 Å². The van der Waals surface area contributed by atoms with E-state index in [4.69, 9.17) is 11.6 Å². The van der Waals surface area contributed by atoms with Crippen molar-refractivity contribution < 1.29 is 4.79 Å². The molecule has 1 aliphatic carbocycles. The Bertz CT molecular complexity index is 609. The van der Waals surface area contributed by atoms with Crippen LogP contribution in [0.3, 0.4) is 0 Å². The van der Waals surface area contributed by atoms with E-state index in [0.717, 1.165) is 33.2 Å². The Morgan fingerprint density at radius 2 is 2.26 bits per heavy atom. The summed E-state index contributed by atoms with van der Waals surface area (Å²) < 4.78 is 0.994. The number of aromatic nitrogens is 1. The largest absolute Gasteiger partial charge is 0.360 e. The van der Waals surface area contributed by atoms with Crippen LogP contribution in [0.5, 0.6) is 0 Å². The van der Waals surface area contributed by atoms with E-state index in [0.29, 0.717) is 13.1 Å². The van der Waals surface area contributed by atoms with E-state index in [-0.39, 0.29) is 11.8 Å². The van der Waals surface area contributed by atoms with Gasteiger partial charge >= 0.3 is 0 Å². The third kappa shape index (κ3) is 2.98. The number of hydrogen-bond donors (Lipinski definition) is 2. The fourth-order valence-electron chi connectivity index (χ4n) is 1.84. The highest BCUT2D eigenvalue weighted by Gasteiger charge is 2.28. The first-order valence-electron chi connectivity index (χ1n) is 6.30. The average Bonchev–Trinajstić information content (AvgIpc) is 3.16. The molecule has 19 heavy (non-hydrogen) atoms. The molecule has 0 atom stereocenters. The molecule has 1 aromatic carbocycles. The molecule has 0 unspecified atom stereocenters. The number of carbonyl (C=O) groups excluding carboxylic acids is 1. The molecule has 1 fully saturated rings. The number of halogens is 1. The van der Waals surface area contributed by atoms with Gasteiger partial charge in [0, 0.05) is 19.0 Å². The van der Waals surface area contributed by atoms with Crippen molar-refractivity contribution in [2.24, 2.45) is 5.92 Å². The third-order valence-electron chi connectivity index (χ3n) is 3.02. The van der Waals surface area contributed by atoms with Gasteiger partial charge in [-0.25, -0.2) is 4.98 Å². The normalized spacial score (nSPS) is 14.6. The van der Waals surface area contributed by atoms with Crippen molar-refractivity contribution in [1.29, 1.82) is 0 Å². The summed E-state index contributed by atoms with van der Waals surface area (Å²) in [6.07, 6.45) is 2.07. The summed E-state index contributed by atoms with van der Waals surface area (Å²) in [7, 11) is 0. The molecule has 1 amide bonds. The molecule has 2 aromatic rings. The first-order chi connectivity index (χ1) is 9.24. The number of nitrogens with one attached hydrogen (secondary N) is 2. The number of benzene rings is 1. The predicted octanol–water partition coefficient (Wildman–Crippen LogP) is 2.89. The molecule has 6 heteroatoms. The maximum atomic E-state index is 11.4. The zero-order chi connectivity index (χ0) is 13.2. The molecule has 1 aromatic heterocycles. The Balaban J connectivity index is 1.53. The zero-order valence-electron chi connectivity index (χ0n) is 10.3. The van der Waals surface area contributed by atoms with Crippen LogP contribution in [0.1, 0.15) is 12.8 Å². The molecular formula is C13H14ClN3OS. The van der Waals surface area contributed by atoms with E-state index < -0.39 is 0 Å². The molecule has 2 N–H and O–H groups in total. The summed E-state index contributed by atoms with van der Waals surface area (Å²) in [5.41, 5.74) is 0.905. The van der Waals surface area contributed by atoms with Crippen LogP contribution < -0.4 is 10.6 Å². The Hall–Kier alpha value is -1.33. The molecule has 0 bridgehead atoms. The third-order valence-corrected chi connectivity index (χ3v) is 4.50. The lowest BCUT2D eigenvalue weighted by atomic mass is 10.3. The van der Waals surface area contributed by atoms with Crippen LogP contribution in [0.4, 0.5) is 5.13 Å².